The minimum atomic E-state index is -0.370. The summed E-state index contributed by atoms with van der Waals surface area (Å²) in [6.07, 6.45) is 0. The van der Waals surface area contributed by atoms with Crippen LogP contribution in [0.15, 0.2) is 88.1 Å². The second kappa shape index (κ2) is 8.16. The highest BCUT2D eigenvalue weighted by Gasteiger charge is 2.05. The van der Waals surface area contributed by atoms with Gasteiger partial charge in [0, 0.05) is 28.9 Å². The van der Waals surface area contributed by atoms with Crippen molar-refractivity contribution in [2.75, 3.05) is 10.6 Å². The predicted molar refractivity (Wildman–Crippen MR) is 120 cm³/mol. The first kappa shape index (κ1) is 18.7. The Morgan fingerprint density at radius 1 is 0.862 bits per heavy atom. The molecule has 0 aliphatic heterocycles. The van der Waals surface area contributed by atoms with E-state index in [1.165, 1.54) is 6.07 Å². The van der Waals surface area contributed by atoms with Crippen molar-refractivity contribution in [1.82, 2.24) is 0 Å². The number of para-hydroxylation sites is 1. The van der Waals surface area contributed by atoms with E-state index in [9.17, 15) is 4.79 Å². The van der Waals surface area contributed by atoms with Crippen molar-refractivity contribution in [2.45, 2.75) is 6.92 Å². The molecule has 29 heavy (non-hydrogen) atoms. The molecule has 4 aromatic rings. The number of aryl methyl sites for hydroxylation is 1. The molecule has 0 amide bonds. The van der Waals surface area contributed by atoms with E-state index in [-0.39, 0.29) is 5.63 Å². The van der Waals surface area contributed by atoms with Crippen molar-refractivity contribution in [2.24, 2.45) is 0 Å². The maximum atomic E-state index is 11.6. The molecule has 0 atom stereocenters. The van der Waals surface area contributed by atoms with E-state index in [1.54, 1.807) is 6.07 Å². The van der Waals surface area contributed by atoms with Gasteiger partial charge in [0.05, 0.1) is 0 Å². The molecule has 0 radical (unpaired) electrons. The first-order valence-corrected chi connectivity index (χ1v) is 9.43. The molecule has 0 aliphatic carbocycles. The van der Waals surface area contributed by atoms with Crippen LogP contribution in [0.1, 0.15) is 5.56 Å². The summed E-state index contributed by atoms with van der Waals surface area (Å²) in [6.45, 7) is 1.88. The van der Waals surface area contributed by atoms with E-state index in [0.29, 0.717) is 10.7 Å². The van der Waals surface area contributed by atoms with Crippen LogP contribution in [0.5, 0.6) is 11.5 Å². The molecule has 3 aromatic carbocycles. The Kier molecular flexibility index (Phi) is 5.27. The number of hydrogen-bond donors (Lipinski definition) is 2. The third kappa shape index (κ3) is 4.62. The normalized spacial score (nSPS) is 10.5. The van der Waals surface area contributed by atoms with Crippen molar-refractivity contribution in [3.63, 3.8) is 0 Å². The Hall–Kier alpha value is -3.64. The van der Waals surface area contributed by atoms with E-state index in [4.69, 9.17) is 21.4 Å². The Labute approximate surface area is 172 Å². The van der Waals surface area contributed by atoms with E-state index in [0.717, 1.165) is 33.8 Å². The van der Waals surface area contributed by atoms with E-state index >= 15 is 0 Å². The van der Waals surface area contributed by atoms with Gasteiger partial charge in [0.1, 0.15) is 17.1 Å². The first-order valence-electron chi connectivity index (χ1n) is 9.02. The van der Waals surface area contributed by atoms with Gasteiger partial charge in [-0.25, -0.2) is 4.79 Å². The van der Waals surface area contributed by atoms with Gasteiger partial charge in [-0.3, -0.25) is 0 Å². The molecule has 1 heterocycles. The van der Waals surface area contributed by atoms with E-state index in [2.05, 4.69) is 10.6 Å². The second-order valence-corrected chi connectivity index (χ2v) is 6.89. The monoisotopic (exact) mass is 402 g/mol. The van der Waals surface area contributed by atoms with Crippen molar-refractivity contribution in [1.29, 1.82) is 0 Å². The summed E-state index contributed by atoms with van der Waals surface area (Å²) in [5.41, 5.74) is 2.58. The number of benzene rings is 3. The molecule has 6 heteroatoms. The van der Waals surface area contributed by atoms with Gasteiger partial charge in [-0.15, -0.1) is 0 Å². The molecular weight excluding hydrogens is 384 g/mol. The van der Waals surface area contributed by atoms with Crippen molar-refractivity contribution in [3.8, 4) is 11.5 Å². The fraction of sp³-hybridized carbons (Fsp3) is 0.0435. The van der Waals surface area contributed by atoms with Crippen LogP contribution in [-0.2, 0) is 0 Å². The Balaban J connectivity index is 1.42. The van der Waals surface area contributed by atoms with Gasteiger partial charge in [-0.1, -0.05) is 18.2 Å². The zero-order chi connectivity index (χ0) is 20.2. The Morgan fingerprint density at radius 2 is 1.52 bits per heavy atom. The van der Waals surface area contributed by atoms with Gasteiger partial charge >= 0.3 is 5.63 Å². The highest BCUT2D eigenvalue weighted by atomic mass is 32.1. The van der Waals surface area contributed by atoms with Crippen molar-refractivity contribution in [3.05, 3.63) is 94.8 Å². The molecule has 4 rings (SSSR count). The van der Waals surface area contributed by atoms with E-state index < -0.39 is 0 Å². The van der Waals surface area contributed by atoms with Crippen LogP contribution in [0.4, 0.5) is 11.4 Å². The average Bonchev–Trinajstić information content (AvgIpc) is 2.70. The maximum absolute atomic E-state index is 11.6. The van der Waals surface area contributed by atoms with Crippen LogP contribution in [0.2, 0.25) is 0 Å². The summed E-state index contributed by atoms with van der Waals surface area (Å²) in [4.78, 5) is 11.6. The summed E-state index contributed by atoms with van der Waals surface area (Å²) >= 11 is 5.38. The minimum Gasteiger partial charge on any atom is -0.457 e. The largest absolute Gasteiger partial charge is 0.457 e. The molecular formula is C23H18N2O3S. The molecule has 2 N–H and O–H groups in total. The van der Waals surface area contributed by atoms with Crippen molar-refractivity contribution < 1.29 is 9.15 Å². The summed E-state index contributed by atoms with van der Waals surface area (Å²) in [7, 11) is 0. The summed E-state index contributed by atoms with van der Waals surface area (Å²) in [5.74, 6) is 1.52. The van der Waals surface area contributed by atoms with Crippen LogP contribution in [-0.4, -0.2) is 5.11 Å². The van der Waals surface area contributed by atoms with Gasteiger partial charge in [0.15, 0.2) is 5.11 Å². The Bertz CT molecular complexity index is 1220. The summed E-state index contributed by atoms with van der Waals surface area (Å²) in [6, 6.07) is 24.1. The van der Waals surface area contributed by atoms with Crippen LogP contribution < -0.4 is 21.0 Å². The van der Waals surface area contributed by atoms with Gasteiger partial charge < -0.3 is 19.8 Å². The summed E-state index contributed by atoms with van der Waals surface area (Å²) in [5, 5.41) is 7.55. The number of fused-ring (bicyclic) bond motifs is 1. The maximum Gasteiger partial charge on any atom is 0.336 e. The van der Waals surface area contributed by atoms with Crippen molar-refractivity contribution >= 4 is 39.7 Å². The minimum absolute atomic E-state index is 0.370. The van der Waals surface area contributed by atoms with Crippen LogP contribution in [0.3, 0.4) is 0 Å². The third-order valence-corrected chi connectivity index (χ3v) is 4.50. The summed E-state index contributed by atoms with van der Waals surface area (Å²) < 4.78 is 11.1. The van der Waals surface area contributed by atoms with Gasteiger partial charge in [0.2, 0.25) is 0 Å². The molecule has 0 aliphatic rings. The lowest BCUT2D eigenvalue weighted by Gasteiger charge is -2.12. The molecule has 0 saturated carbocycles. The topological polar surface area (TPSA) is 63.5 Å². The second-order valence-electron chi connectivity index (χ2n) is 6.48. The molecule has 1 aromatic heterocycles. The average molecular weight is 402 g/mol. The van der Waals surface area contributed by atoms with Gasteiger partial charge in [-0.05, 0) is 73.2 Å². The molecule has 0 unspecified atom stereocenters. The SMILES string of the molecule is Cc1cc(=O)oc2cc(NC(=S)Nc3ccc(Oc4ccccc4)cc3)ccc12. The standard InChI is InChI=1S/C23H18N2O3S/c1-15-13-22(26)28-21-14-17(9-12-20(15)21)25-23(29)24-16-7-10-19(11-8-16)27-18-5-3-2-4-6-18/h2-14H,1H3,(H2,24,25,29). The van der Waals surface area contributed by atoms with E-state index in [1.807, 2.05) is 73.7 Å². The lowest BCUT2D eigenvalue weighted by atomic mass is 10.1. The lowest BCUT2D eigenvalue weighted by molar-refractivity contribution is 0.483. The van der Waals surface area contributed by atoms with Gasteiger partial charge in [0.25, 0.3) is 0 Å². The molecule has 0 fully saturated rings. The number of rotatable bonds is 4. The Morgan fingerprint density at radius 3 is 2.28 bits per heavy atom. The quantitative estimate of drug-likeness (QED) is 0.337. The molecule has 0 bridgehead atoms. The number of ether oxygens (including phenoxy) is 1. The molecule has 0 spiro atoms. The lowest BCUT2D eigenvalue weighted by Crippen LogP contribution is -2.19. The zero-order valence-electron chi connectivity index (χ0n) is 15.6. The molecule has 0 saturated heterocycles. The first-order chi connectivity index (χ1) is 14.1. The number of hydrogen-bond acceptors (Lipinski definition) is 4. The molecule has 144 valence electrons. The number of nitrogens with one attached hydrogen (secondary N) is 2. The van der Waals surface area contributed by atoms with Crippen LogP contribution in [0, 0.1) is 6.92 Å². The fourth-order valence-corrected chi connectivity index (χ4v) is 3.16. The zero-order valence-corrected chi connectivity index (χ0v) is 16.5. The third-order valence-electron chi connectivity index (χ3n) is 4.30. The predicted octanol–water partition coefficient (Wildman–Crippen LogP) is 5.70. The van der Waals surface area contributed by atoms with Crippen LogP contribution >= 0.6 is 12.2 Å². The fourth-order valence-electron chi connectivity index (χ4n) is 2.93. The highest BCUT2D eigenvalue weighted by molar-refractivity contribution is 7.80. The smallest absolute Gasteiger partial charge is 0.336 e. The van der Waals surface area contributed by atoms with Gasteiger partial charge in [-0.2, -0.15) is 0 Å². The molecule has 5 nitrogen and oxygen atoms in total. The number of thiocarbonyl (C=S) groups is 1. The highest BCUT2D eigenvalue weighted by Crippen LogP contribution is 2.23. The van der Waals surface area contributed by atoms with Crippen LogP contribution in [0.25, 0.3) is 11.0 Å². The number of anilines is 2.